The molecule has 26 heavy (non-hydrogen) atoms. The van der Waals surface area contributed by atoms with E-state index < -0.39 is 5.60 Å². The molecule has 3 aliphatic heterocycles. The molecule has 0 amide bonds. The number of aliphatic hydroxyl groups is 1. The molecule has 3 aliphatic rings. The molecule has 1 N–H and O–H groups in total. The van der Waals surface area contributed by atoms with E-state index in [4.69, 9.17) is 9.31 Å². The number of benzene rings is 1. The monoisotopic (exact) mass is 357 g/mol. The zero-order valence-corrected chi connectivity index (χ0v) is 16.8. The van der Waals surface area contributed by atoms with Gasteiger partial charge in [-0.25, -0.2) is 0 Å². The van der Waals surface area contributed by atoms with E-state index in [1.807, 2.05) is 0 Å². The van der Waals surface area contributed by atoms with Crippen LogP contribution in [0.1, 0.15) is 58.9 Å². The molecule has 1 aromatic rings. The van der Waals surface area contributed by atoms with Gasteiger partial charge >= 0.3 is 7.12 Å². The molecule has 4 rings (SSSR count). The minimum Gasteiger partial charge on any atom is -0.399 e. The molecule has 1 aromatic carbocycles. The SMILES string of the molecule is CN1C2CCC1CC(O)(Cc1ccc(B3OC(C)(C)C(C)(C)O3)cc1)C2. The summed E-state index contributed by atoms with van der Waals surface area (Å²) in [5.74, 6) is 0. The fraction of sp³-hybridized carbons (Fsp3) is 0.714. The van der Waals surface area contributed by atoms with Crippen LogP contribution in [0.25, 0.3) is 0 Å². The molecule has 3 saturated heterocycles. The Bertz CT molecular complexity index is 642. The average Bonchev–Trinajstić information content (AvgIpc) is 2.89. The molecule has 3 fully saturated rings. The second-order valence-electron chi connectivity index (χ2n) is 9.69. The fourth-order valence-corrected chi connectivity index (χ4v) is 4.84. The van der Waals surface area contributed by atoms with E-state index in [9.17, 15) is 5.11 Å². The molecule has 4 nitrogen and oxygen atoms in total. The van der Waals surface area contributed by atoms with E-state index in [0.29, 0.717) is 12.1 Å². The molecule has 3 heterocycles. The van der Waals surface area contributed by atoms with Crippen LogP contribution in [0.15, 0.2) is 24.3 Å². The van der Waals surface area contributed by atoms with Crippen LogP contribution in [0.4, 0.5) is 0 Å². The van der Waals surface area contributed by atoms with Crippen molar-refractivity contribution in [3.8, 4) is 0 Å². The topological polar surface area (TPSA) is 41.9 Å². The Morgan fingerprint density at radius 2 is 1.50 bits per heavy atom. The molecular formula is C21H32BNO3. The summed E-state index contributed by atoms with van der Waals surface area (Å²) >= 11 is 0. The van der Waals surface area contributed by atoms with Crippen molar-refractivity contribution in [3.63, 3.8) is 0 Å². The van der Waals surface area contributed by atoms with Gasteiger partial charge in [-0.15, -0.1) is 0 Å². The van der Waals surface area contributed by atoms with Gasteiger partial charge in [0.25, 0.3) is 0 Å². The standard InChI is InChI=1S/C21H32BNO3/c1-19(2)20(3,4)26-22(25-19)16-8-6-15(7-9-16)12-21(24)13-17-10-11-18(14-21)23(17)5/h6-9,17-18,24H,10-14H2,1-5H3. The highest BCUT2D eigenvalue weighted by atomic mass is 16.7. The summed E-state index contributed by atoms with van der Waals surface area (Å²) in [5, 5.41) is 11.2. The molecular weight excluding hydrogens is 325 g/mol. The Morgan fingerprint density at radius 3 is 2.00 bits per heavy atom. The number of piperidine rings is 1. The summed E-state index contributed by atoms with van der Waals surface area (Å²) in [6, 6.07) is 9.51. The summed E-state index contributed by atoms with van der Waals surface area (Å²) in [6.45, 7) is 8.30. The van der Waals surface area contributed by atoms with Crippen LogP contribution < -0.4 is 5.46 Å². The maximum Gasteiger partial charge on any atom is 0.494 e. The van der Waals surface area contributed by atoms with E-state index in [-0.39, 0.29) is 18.3 Å². The summed E-state index contributed by atoms with van der Waals surface area (Å²) < 4.78 is 12.3. The van der Waals surface area contributed by atoms with E-state index in [1.54, 1.807) is 0 Å². The van der Waals surface area contributed by atoms with Crippen LogP contribution in [0.2, 0.25) is 0 Å². The Labute approximate surface area is 158 Å². The third-order valence-corrected chi connectivity index (χ3v) is 7.25. The Balaban J connectivity index is 1.44. The van der Waals surface area contributed by atoms with E-state index in [0.717, 1.165) is 24.7 Å². The third kappa shape index (κ3) is 3.13. The van der Waals surface area contributed by atoms with Gasteiger partial charge in [0, 0.05) is 18.5 Å². The maximum atomic E-state index is 11.2. The van der Waals surface area contributed by atoms with Crippen LogP contribution in [-0.4, -0.2) is 53.1 Å². The first-order valence-corrected chi connectivity index (χ1v) is 9.97. The molecule has 2 bridgehead atoms. The van der Waals surface area contributed by atoms with Gasteiger partial charge in [0.05, 0.1) is 16.8 Å². The quantitative estimate of drug-likeness (QED) is 0.845. The second-order valence-corrected chi connectivity index (χ2v) is 9.69. The lowest BCUT2D eigenvalue weighted by atomic mass is 9.77. The normalized spacial score (nSPS) is 35.8. The smallest absolute Gasteiger partial charge is 0.399 e. The highest BCUT2D eigenvalue weighted by molar-refractivity contribution is 6.62. The lowest BCUT2D eigenvalue weighted by molar-refractivity contribution is -0.0437. The van der Waals surface area contributed by atoms with Crippen molar-refractivity contribution < 1.29 is 14.4 Å². The zero-order chi connectivity index (χ0) is 18.7. The van der Waals surface area contributed by atoms with Crippen LogP contribution in [0.5, 0.6) is 0 Å². The second kappa shape index (κ2) is 6.06. The van der Waals surface area contributed by atoms with Gasteiger partial charge in [0.15, 0.2) is 0 Å². The van der Waals surface area contributed by atoms with Crippen LogP contribution in [0, 0.1) is 0 Å². The first kappa shape index (κ1) is 18.5. The van der Waals surface area contributed by atoms with E-state index in [1.165, 1.54) is 18.4 Å². The lowest BCUT2D eigenvalue weighted by Gasteiger charge is -2.42. The molecule has 2 unspecified atom stereocenters. The van der Waals surface area contributed by atoms with Crippen molar-refractivity contribution in [2.75, 3.05) is 7.05 Å². The summed E-state index contributed by atoms with van der Waals surface area (Å²) in [5.41, 5.74) is 1.03. The van der Waals surface area contributed by atoms with Crippen molar-refractivity contribution in [2.24, 2.45) is 0 Å². The molecule has 0 radical (unpaired) electrons. The minimum absolute atomic E-state index is 0.321. The molecule has 0 aliphatic carbocycles. The lowest BCUT2D eigenvalue weighted by Crippen LogP contribution is -2.50. The van der Waals surface area contributed by atoms with E-state index >= 15 is 0 Å². The molecule has 0 aromatic heterocycles. The molecule has 5 heteroatoms. The number of fused-ring (bicyclic) bond motifs is 2. The number of rotatable bonds is 3. The van der Waals surface area contributed by atoms with Gasteiger partial charge in [0.1, 0.15) is 0 Å². The van der Waals surface area contributed by atoms with Gasteiger partial charge in [-0.2, -0.15) is 0 Å². The van der Waals surface area contributed by atoms with E-state index in [2.05, 4.69) is 63.9 Å². The van der Waals surface area contributed by atoms with Gasteiger partial charge in [-0.3, -0.25) is 0 Å². The molecule has 2 atom stereocenters. The number of nitrogens with zero attached hydrogens (tertiary/aromatic N) is 1. The minimum atomic E-state index is -0.565. The molecule has 0 saturated carbocycles. The highest BCUT2D eigenvalue weighted by Gasteiger charge is 2.51. The van der Waals surface area contributed by atoms with Crippen LogP contribution in [0.3, 0.4) is 0 Å². The Morgan fingerprint density at radius 1 is 1.00 bits per heavy atom. The predicted octanol–water partition coefficient (Wildman–Crippen LogP) is 2.52. The average molecular weight is 357 g/mol. The summed E-state index contributed by atoms with van der Waals surface area (Å²) in [7, 11) is 1.89. The van der Waals surface area contributed by atoms with Crippen molar-refractivity contribution in [1.82, 2.24) is 4.90 Å². The van der Waals surface area contributed by atoms with Crippen molar-refractivity contribution in [1.29, 1.82) is 0 Å². The van der Waals surface area contributed by atoms with Crippen molar-refractivity contribution in [3.05, 3.63) is 29.8 Å². The largest absolute Gasteiger partial charge is 0.494 e. The van der Waals surface area contributed by atoms with Gasteiger partial charge in [-0.05, 0) is 71.5 Å². The maximum absolute atomic E-state index is 11.2. The Hall–Kier alpha value is -0.875. The number of hydrogen-bond acceptors (Lipinski definition) is 4. The van der Waals surface area contributed by atoms with Gasteiger partial charge in [-0.1, -0.05) is 24.3 Å². The van der Waals surface area contributed by atoms with Gasteiger partial charge in [0.2, 0.25) is 0 Å². The van der Waals surface area contributed by atoms with Crippen LogP contribution >= 0.6 is 0 Å². The van der Waals surface area contributed by atoms with Crippen molar-refractivity contribution in [2.45, 2.75) is 88.7 Å². The van der Waals surface area contributed by atoms with Gasteiger partial charge < -0.3 is 19.3 Å². The highest BCUT2D eigenvalue weighted by Crippen LogP contribution is 2.41. The molecule has 142 valence electrons. The zero-order valence-electron chi connectivity index (χ0n) is 16.8. The Kier molecular flexibility index (Phi) is 4.31. The first-order valence-electron chi connectivity index (χ1n) is 9.97. The first-order chi connectivity index (χ1) is 12.1. The summed E-state index contributed by atoms with van der Waals surface area (Å²) in [6.07, 6.45) is 4.96. The van der Waals surface area contributed by atoms with Crippen molar-refractivity contribution >= 4 is 12.6 Å². The predicted molar refractivity (Wildman–Crippen MR) is 105 cm³/mol. The summed E-state index contributed by atoms with van der Waals surface area (Å²) in [4.78, 5) is 2.47. The number of hydrogen-bond donors (Lipinski definition) is 1. The molecule has 0 spiro atoms. The third-order valence-electron chi connectivity index (χ3n) is 7.25. The fourth-order valence-electron chi connectivity index (χ4n) is 4.84. The van der Waals surface area contributed by atoms with Crippen LogP contribution in [-0.2, 0) is 15.7 Å².